The first-order valence-electron chi connectivity index (χ1n) is 16.7. The quantitative estimate of drug-likeness (QED) is 0.242. The molecule has 0 unspecified atom stereocenters. The molecule has 2 aliphatic heterocycles. The fourth-order valence-corrected chi connectivity index (χ4v) is 6.16. The molecule has 4 atom stereocenters. The van der Waals surface area contributed by atoms with Crippen LogP contribution in [0, 0.1) is 0 Å². The van der Waals surface area contributed by atoms with Gasteiger partial charge in [-0.3, -0.25) is 29.0 Å². The maximum Gasteiger partial charge on any atom is 0.411 e. The number of thiazole rings is 1. The first kappa shape index (κ1) is 43.3. The second kappa shape index (κ2) is 19.7. The van der Waals surface area contributed by atoms with Crippen LogP contribution in [0.4, 0.5) is 9.59 Å². The molecule has 0 radical (unpaired) electrons. The van der Waals surface area contributed by atoms with Gasteiger partial charge in [0.1, 0.15) is 22.3 Å². The van der Waals surface area contributed by atoms with Crippen LogP contribution in [0.25, 0.3) is 0 Å². The van der Waals surface area contributed by atoms with Crippen molar-refractivity contribution in [1.29, 1.82) is 0 Å². The molecule has 2 saturated heterocycles. The molecule has 2 aliphatic rings. The minimum atomic E-state index is -0.775. The molecule has 1 aromatic heterocycles. The number of ketones is 1. The number of likely N-dealkylation sites (tertiary alicyclic amines) is 2. The average Bonchev–Trinajstić information content (AvgIpc) is 3.82. The highest BCUT2D eigenvalue weighted by molar-refractivity contribution is 7.11. The molecule has 51 heavy (non-hydrogen) atoms. The standard InChI is InChI=1S/C17H28N2O7.C17H26N2O5S/c1-17(2,3)26-16(23)19-10-12(24-4)8-13(19)15(22)18-9-11(20)6-7-14(21)25-5;1-17(2,3)24-16(21)19-10-11(22-4)8-13(19)15-18-9-12(25-15)6-7-14(20)23-5/h12-13H,6-10H2,1-5H3,(H,18,22);9,11,13H,6-8,10H2,1-5H3/t12-,13+;11-,13+/m11/s1. The lowest BCUT2D eigenvalue weighted by Crippen LogP contribution is -2.48. The SMILES string of the molecule is COC(=O)CCC(=O)CNC(=O)[C@@H]1C[C@@H](OC)CN1C(=O)OC(C)(C)C.COC(=O)CCc1cnc([C@@H]2C[C@@H](OC)CN2C(=O)OC(C)(C)C)s1. The van der Waals surface area contributed by atoms with Gasteiger partial charge in [-0.25, -0.2) is 14.6 Å². The smallest absolute Gasteiger partial charge is 0.411 e. The van der Waals surface area contributed by atoms with Crippen LogP contribution in [-0.2, 0) is 54.0 Å². The Labute approximate surface area is 303 Å². The topological polar surface area (TPSA) is 189 Å². The van der Waals surface area contributed by atoms with Gasteiger partial charge >= 0.3 is 24.1 Å². The number of hydrogen-bond donors (Lipinski definition) is 1. The van der Waals surface area contributed by atoms with Crippen LogP contribution < -0.4 is 5.32 Å². The minimum Gasteiger partial charge on any atom is -0.469 e. The molecule has 0 spiro atoms. The van der Waals surface area contributed by atoms with Crippen molar-refractivity contribution in [3.05, 3.63) is 16.1 Å². The van der Waals surface area contributed by atoms with Crippen LogP contribution in [0.15, 0.2) is 6.20 Å². The van der Waals surface area contributed by atoms with Gasteiger partial charge < -0.3 is 33.7 Å². The zero-order valence-corrected chi connectivity index (χ0v) is 32.2. The van der Waals surface area contributed by atoms with Crippen molar-refractivity contribution < 1.29 is 57.2 Å². The summed E-state index contributed by atoms with van der Waals surface area (Å²) in [4.78, 5) is 79.8. The number of nitrogens with one attached hydrogen (secondary N) is 1. The predicted octanol–water partition coefficient (Wildman–Crippen LogP) is 3.59. The second-order valence-electron chi connectivity index (χ2n) is 14.1. The van der Waals surface area contributed by atoms with E-state index in [1.165, 1.54) is 37.6 Å². The third-order valence-electron chi connectivity index (χ3n) is 7.71. The Bertz CT molecular complexity index is 1360. The summed E-state index contributed by atoms with van der Waals surface area (Å²) >= 11 is 1.51. The molecule has 0 saturated carbocycles. The van der Waals surface area contributed by atoms with E-state index < -0.39 is 35.2 Å². The molecule has 3 heterocycles. The highest BCUT2D eigenvalue weighted by Gasteiger charge is 2.42. The normalized spacial score (nSPS) is 20.2. The Balaban J connectivity index is 0.000000354. The fourth-order valence-electron chi connectivity index (χ4n) is 5.12. The Morgan fingerprint density at radius 2 is 1.31 bits per heavy atom. The van der Waals surface area contributed by atoms with E-state index in [0.29, 0.717) is 32.2 Å². The van der Waals surface area contributed by atoms with Crippen LogP contribution in [0.3, 0.4) is 0 Å². The first-order chi connectivity index (χ1) is 23.8. The zero-order valence-electron chi connectivity index (χ0n) is 31.4. The van der Waals surface area contributed by atoms with Crippen LogP contribution in [-0.4, -0.2) is 128 Å². The van der Waals surface area contributed by atoms with E-state index in [1.807, 2.05) is 20.8 Å². The van der Waals surface area contributed by atoms with E-state index in [-0.39, 0.29) is 62.0 Å². The zero-order chi connectivity index (χ0) is 38.5. The number of hydrogen-bond acceptors (Lipinski definition) is 14. The van der Waals surface area contributed by atoms with Crippen LogP contribution in [0.2, 0.25) is 0 Å². The van der Waals surface area contributed by atoms with E-state index >= 15 is 0 Å². The number of carbonyl (C=O) groups excluding carboxylic acids is 6. The molecule has 2 fully saturated rings. The van der Waals surface area contributed by atoms with E-state index in [9.17, 15) is 28.8 Å². The highest BCUT2D eigenvalue weighted by Crippen LogP contribution is 2.36. The van der Waals surface area contributed by atoms with E-state index in [0.717, 1.165) is 9.88 Å². The molecule has 16 nitrogen and oxygen atoms in total. The van der Waals surface area contributed by atoms with Crippen molar-refractivity contribution in [2.24, 2.45) is 0 Å². The van der Waals surface area contributed by atoms with E-state index in [4.69, 9.17) is 18.9 Å². The molecule has 1 N–H and O–H groups in total. The van der Waals surface area contributed by atoms with E-state index in [1.54, 1.807) is 39.0 Å². The number of esters is 2. The van der Waals surface area contributed by atoms with Crippen molar-refractivity contribution in [1.82, 2.24) is 20.1 Å². The summed E-state index contributed by atoms with van der Waals surface area (Å²) < 4.78 is 30.7. The molecule has 3 rings (SSSR count). The lowest BCUT2D eigenvalue weighted by Gasteiger charge is -2.27. The average molecular weight is 743 g/mol. The number of amides is 3. The van der Waals surface area contributed by atoms with Gasteiger partial charge in [-0.1, -0.05) is 0 Å². The third kappa shape index (κ3) is 14.7. The maximum absolute atomic E-state index is 12.5. The van der Waals surface area contributed by atoms with Crippen molar-refractivity contribution in [3.8, 4) is 0 Å². The van der Waals surface area contributed by atoms with Crippen LogP contribution >= 0.6 is 11.3 Å². The largest absolute Gasteiger partial charge is 0.469 e. The summed E-state index contributed by atoms with van der Waals surface area (Å²) in [7, 11) is 5.77. The second-order valence-corrected chi connectivity index (χ2v) is 15.2. The molecule has 0 bridgehead atoms. The lowest BCUT2D eigenvalue weighted by molar-refractivity contribution is -0.142. The molecule has 0 aromatic carbocycles. The lowest BCUT2D eigenvalue weighted by atomic mass is 10.1. The predicted molar refractivity (Wildman–Crippen MR) is 185 cm³/mol. The molecule has 288 valence electrons. The van der Waals surface area contributed by atoms with Gasteiger partial charge in [0.25, 0.3) is 0 Å². The van der Waals surface area contributed by atoms with Gasteiger partial charge in [0.2, 0.25) is 5.91 Å². The number of rotatable bonds is 12. The summed E-state index contributed by atoms with van der Waals surface area (Å²) in [5.74, 6) is -1.49. The molecule has 0 aliphatic carbocycles. The third-order valence-corrected chi connectivity index (χ3v) is 8.86. The number of nitrogens with zero attached hydrogens (tertiary/aromatic N) is 3. The van der Waals surface area contributed by atoms with Crippen LogP contribution in [0.5, 0.6) is 0 Å². The van der Waals surface area contributed by atoms with Crippen molar-refractivity contribution >= 4 is 47.2 Å². The van der Waals surface area contributed by atoms with Gasteiger partial charge in [-0.15, -0.1) is 11.3 Å². The first-order valence-corrected chi connectivity index (χ1v) is 17.5. The molecule has 1 aromatic rings. The van der Waals surface area contributed by atoms with Gasteiger partial charge in [0.15, 0.2) is 5.78 Å². The van der Waals surface area contributed by atoms with E-state index in [2.05, 4.69) is 19.8 Å². The Hall–Kier alpha value is -3.83. The number of aryl methyl sites for hydroxylation is 1. The number of ether oxygens (including phenoxy) is 6. The number of methoxy groups -OCH3 is 4. The van der Waals surface area contributed by atoms with Gasteiger partial charge in [0.05, 0.1) is 64.9 Å². The molecule has 3 amide bonds. The Kier molecular flexibility index (Phi) is 16.7. The number of aromatic nitrogens is 1. The number of carbonyl (C=O) groups is 6. The molecule has 17 heteroatoms. The van der Waals surface area contributed by atoms with Crippen molar-refractivity contribution in [3.63, 3.8) is 0 Å². The summed E-state index contributed by atoms with van der Waals surface area (Å²) in [5.41, 5.74) is -1.24. The number of Topliss-reactive ketones (excluding diaryl/α,β-unsaturated/α-hetero) is 1. The summed E-state index contributed by atoms with van der Waals surface area (Å²) in [6, 6.07) is -0.945. The van der Waals surface area contributed by atoms with Gasteiger partial charge in [-0.2, -0.15) is 0 Å². The molecular formula is C34H54N4O12S. The van der Waals surface area contributed by atoms with Crippen LogP contribution in [0.1, 0.15) is 89.6 Å². The van der Waals surface area contributed by atoms with Crippen molar-refractivity contribution in [2.75, 3.05) is 48.1 Å². The monoisotopic (exact) mass is 742 g/mol. The summed E-state index contributed by atoms with van der Waals surface area (Å²) in [6.07, 6.45) is 2.31. The minimum absolute atomic E-state index is 0.0197. The maximum atomic E-state index is 12.5. The Morgan fingerprint density at radius 1 is 0.784 bits per heavy atom. The van der Waals surface area contributed by atoms with Gasteiger partial charge in [0, 0.05) is 44.6 Å². The summed E-state index contributed by atoms with van der Waals surface area (Å²) in [5, 5.41) is 3.35. The molecular weight excluding hydrogens is 688 g/mol. The van der Waals surface area contributed by atoms with Crippen molar-refractivity contribution in [2.45, 2.75) is 116 Å². The van der Waals surface area contributed by atoms with Gasteiger partial charge in [-0.05, 0) is 48.0 Å². The fraction of sp³-hybridized carbons (Fsp3) is 0.735. The highest BCUT2D eigenvalue weighted by atomic mass is 32.1. The summed E-state index contributed by atoms with van der Waals surface area (Å²) in [6.45, 7) is 11.3. The Morgan fingerprint density at radius 3 is 1.86 bits per heavy atom.